The molecule has 0 bridgehead atoms. The van der Waals surface area contributed by atoms with Crippen LogP contribution in [0, 0.1) is 11.7 Å². The fourth-order valence-electron chi connectivity index (χ4n) is 2.32. The van der Waals surface area contributed by atoms with E-state index in [-0.39, 0.29) is 18.9 Å². The molecule has 1 fully saturated rings. The number of nitrogens with zero attached hydrogens (tertiary/aromatic N) is 1. The van der Waals surface area contributed by atoms with Crippen LogP contribution in [0.2, 0.25) is 0 Å². The summed E-state index contributed by atoms with van der Waals surface area (Å²) in [6, 6.07) is 6.15. The third-order valence-corrected chi connectivity index (χ3v) is 3.42. The minimum absolute atomic E-state index is 0.0149. The van der Waals surface area contributed by atoms with Gasteiger partial charge in [0, 0.05) is 13.1 Å². The van der Waals surface area contributed by atoms with Gasteiger partial charge in [0.1, 0.15) is 5.82 Å². The van der Waals surface area contributed by atoms with Gasteiger partial charge in [-0.1, -0.05) is 18.2 Å². The third kappa shape index (κ3) is 3.30. The summed E-state index contributed by atoms with van der Waals surface area (Å²) in [5, 5.41) is 8.97. The van der Waals surface area contributed by atoms with Crippen molar-refractivity contribution in [3.63, 3.8) is 0 Å². The van der Waals surface area contributed by atoms with E-state index in [1.807, 2.05) is 0 Å². The van der Waals surface area contributed by atoms with E-state index in [2.05, 4.69) is 0 Å². The molecule has 1 aliphatic rings. The molecule has 5 heteroatoms. The fraction of sp³-hybridized carbons (Fsp3) is 0.429. The van der Waals surface area contributed by atoms with E-state index < -0.39 is 17.7 Å². The molecule has 0 saturated carbocycles. The van der Waals surface area contributed by atoms with Gasteiger partial charge >= 0.3 is 5.97 Å². The lowest BCUT2D eigenvalue weighted by atomic mass is 9.97. The molecule has 19 heavy (non-hydrogen) atoms. The number of carbonyl (C=O) groups excluding carboxylic acids is 1. The van der Waals surface area contributed by atoms with E-state index in [1.54, 1.807) is 18.2 Å². The molecular formula is C14H16FNO3. The maximum absolute atomic E-state index is 13.5. The van der Waals surface area contributed by atoms with Crippen molar-refractivity contribution in [2.24, 2.45) is 5.92 Å². The number of hydrogen-bond donors (Lipinski definition) is 1. The number of benzene rings is 1. The van der Waals surface area contributed by atoms with E-state index in [0.717, 1.165) is 0 Å². The highest BCUT2D eigenvalue weighted by Gasteiger charge is 2.28. The normalized spacial score (nSPS) is 19.2. The maximum Gasteiger partial charge on any atom is 0.308 e. The van der Waals surface area contributed by atoms with Crippen LogP contribution in [0.4, 0.5) is 4.39 Å². The average molecular weight is 265 g/mol. The van der Waals surface area contributed by atoms with E-state index in [9.17, 15) is 14.0 Å². The van der Waals surface area contributed by atoms with Gasteiger partial charge in [-0.3, -0.25) is 9.59 Å². The summed E-state index contributed by atoms with van der Waals surface area (Å²) in [4.78, 5) is 24.5. The Morgan fingerprint density at radius 1 is 1.37 bits per heavy atom. The van der Waals surface area contributed by atoms with Crippen molar-refractivity contribution >= 4 is 11.9 Å². The van der Waals surface area contributed by atoms with Gasteiger partial charge in [-0.25, -0.2) is 4.39 Å². The predicted molar refractivity (Wildman–Crippen MR) is 67.0 cm³/mol. The molecule has 1 N–H and O–H groups in total. The zero-order chi connectivity index (χ0) is 13.8. The zero-order valence-corrected chi connectivity index (χ0v) is 10.5. The van der Waals surface area contributed by atoms with Crippen molar-refractivity contribution in [2.75, 3.05) is 13.1 Å². The summed E-state index contributed by atoms with van der Waals surface area (Å²) in [7, 11) is 0. The Morgan fingerprint density at radius 3 is 2.79 bits per heavy atom. The van der Waals surface area contributed by atoms with Gasteiger partial charge < -0.3 is 10.0 Å². The molecule has 1 aromatic rings. The monoisotopic (exact) mass is 265 g/mol. The van der Waals surface area contributed by atoms with Crippen molar-refractivity contribution in [2.45, 2.75) is 19.3 Å². The summed E-state index contributed by atoms with van der Waals surface area (Å²) < 4.78 is 13.5. The van der Waals surface area contributed by atoms with Gasteiger partial charge in [-0.15, -0.1) is 0 Å². The lowest BCUT2D eigenvalue weighted by molar-refractivity contribution is -0.145. The molecule has 1 aromatic carbocycles. The Hall–Kier alpha value is -1.91. The first-order chi connectivity index (χ1) is 9.08. The standard InChI is InChI=1S/C14H16FNO3/c15-12-6-2-1-4-10(12)8-13(17)16-7-3-5-11(9-16)14(18)19/h1-2,4,6,11H,3,5,7-9H2,(H,18,19). The molecular weight excluding hydrogens is 249 g/mol. The number of carboxylic acids is 1. The number of likely N-dealkylation sites (tertiary alicyclic amines) is 1. The lowest BCUT2D eigenvalue weighted by Crippen LogP contribution is -2.43. The van der Waals surface area contributed by atoms with Gasteiger partial charge in [0.25, 0.3) is 0 Å². The van der Waals surface area contributed by atoms with E-state index in [0.29, 0.717) is 24.9 Å². The Kier molecular flexibility index (Phi) is 4.14. The number of rotatable bonds is 3. The van der Waals surface area contributed by atoms with Crippen LogP contribution >= 0.6 is 0 Å². The number of hydrogen-bond acceptors (Lipinski definition) is 2. The minimum atomic E-state index is -0.872. The van der Waals surface area contributed by atoms with Crippen LogP contribution in [0.3, 0.4) is 0 Å². The Morgan fingerprint density at radius 2 is 2.11 bits per heavy atom. The highest BCUT2D eigenvalue weighted by Crippen LogP contribution is 2.18. The Labute approximate surface area is 110 Å². The molecule has 102 valence electrons. The van der Waals surface area contributed by atoms with Crippen molar-refractivity contribution in [3.05, 3.63) is 35.6 Å². The number of carboxylic acid groups (broad SMARTS) is 1. The summed E-state index contributed by atoms with van der Waals surface area (Å²) in [5.41, 5.74) is 0.352. The van der Waals surface area contributed by atoms with Gasteiger partial charge in [-0.05, 0) is 24.5 Å². The van der Waals surface area contributed by atoms with Crippen molar-refractivity contribution < 1.29 is 19.1 Å². The first-order valence-corrected chi connectivity index (χ1v) is 6.32. The SMILES string of the molecule is O=C(O)C1CCCN(C(=O)Cc2ccccc2F)C1. The topological polar surface area (TPSA) is 57.6 Å². The van der Waals surface area contributed by atoms with Crippen molar-refractivity contribution in [1.29, 1.82) is 0 Å². The average Bonchev–Trinajstić information content (AvgIpc) is 2.41. The van der Waals surface area contributed by atoms with Crippen LogP contribution in [0.5, 0.6) is 0 Å². The largest absolute Gasteiger partial charge is 0.481 e. The van der Waals surface area contributed by atoms with Gasteiger partial charge in [0.15, 0.2) is 0 Å². The molecule has 1 saturated heterocycles. The zero-order valence-electron chi connectivity index (χ0n) is 10.5. The highest BCUT2D eigenvalue weighted by molar-refractivity contribution is 5.80. The van der Waals surface area contributed by atoms with Crippen LogP contribution in [-0.2, 0) is 16.0 Å². The molecule has 4 nitrogen and oxygen atoms in total. The second-order valence-corrected chi connectivity index (χ2v) is 4.79. The number of amides is 1. The number of piperidine rings is 1. The van der Waals surface area contributed by atoms with Crippen LogP contribution in [-0.4, -0.2) is 35.0 Å². The number of carbonyl (C=O) groups is 2. The number of aliphatic carboxylic acids is 1. The third-order valence-electron chi connectivity index (χ3n) is 3.42. The molecule has 1 aliphatic heterocycles. The van der Waals surface area contributed by atoms with Gasteiger partial charge in [0.05, 0.1) is 12.3 Å². The first kappa shape index (κ1) is 13.5. The van der Waals surface area contributed by atoms with Gasteiger partial charge in [0.2, 0.25) is 5.91 Å². The maximum atomic E-state index is 13.5. The van der Waals surface area contributed by atoms with E-state index >= 15 is 0 Å². The molecule has 0 radical (unpaired) electrons. The molecule has 0 aliphatic carbocycles. The first-order valence-electron chi connectivity index (χ1n) is 6.32. The van der Waals surface area contributed by atoms with Crippen molar-refractivity contribution in [3.8, 4) is 0 Å². The molecule has 1 amide bonds. The van der Waals surface area contributed by atoms with Crippen LogP contribution < -0.4 is 0 Å². The summed E-state index contributed by atoms with van der Waals surface area (Å²) in [6.07, 6.45) is 1.26. The van der Waals surface area contributed by atoms with Crippen LogP contribution in [0.25, 0.3) is 0 Å². The second-order valence-electron chi connectivity index (χ2n) is 4.79. The molecule has 1 atom stereocenters. The quantitative estimate of drug-likeness (QED) is 0.904. The van der Waals surface area contributed by atoms with E-state index in [1.165, 1.54) is 11.0 Å². The Balaban J connectivity index is 2.00. The summed E-state index contributed by atoms with van der Waals surface area (Å²) in [6.45, 7) is 0.777. The molecule has 2 rings (SSSR count). The highest BCUT2D eigenvalue weighted by atomic mass is 19.1. The molecule has 1 heterocycles. The second kappa shape index (κ2) is 5.82. The van der Waals surface area contributed by atoms with Gasteiger partial charge in [-0.2, -0.15) is 0 Å². The molecule has 0 spiro atoms. The van der Waals surface area contributed by atoms with Crippen LogP contribution in [0.15, 0.2) is 24.3 Å². The fourth-order valence-corrected chi connectivity index (χ4v) is 2.32. The lowest BCUT2D eigenvalue weighted by Gasteiger charge is -2.30. The smallest absolute Gasteiger partial charge is 0.308 e. The summed E-state index contributed by atoms with van der Waals surface area (Å²) >= 11 is 0. The minimum Gasteiger partial charge on any atom is -0.481 e. The predicted octanol–water partition coefficient (Wildman–Crippen LogP) is 1.69. The molecule has 1 unspecified atom stereocenters. The molecule has 0 aromatic heterocycles. The van der Waals surface area contributed by atoms with Crippen molar-refractivity contribution in [1.82, 2.24) is 4.90 Å². The Bertz CT molecular complexity index is 489. The summed E-state index contributed by atoms with van der Waals surface area (Å²) in [5.74, 6) is -1.99. The number of halogens is 1. The van der Waals surface area contributed by atoms with Crippen LogP contribution in [0.1, 0.15) is 18.4 Å². The van der Waals surface area contributed by atoms with E-state index in [4.69, 9.17) is 5.11 Å².